The number of hydrogen-bond acceptors (Lipinski definition) is 5. The van der Waals surface area contributed by atoms with Gasteiger partial charge in [0.25, 0.3) is 0 Å². The van der Waals surface area contributed by atoms with Gasteiger partial charge in [0.05, 0.1) is 22.6 Å². The summed E-state index contributed by atoms with van der Waals surface area (Å²) in [5, 5.41) is 22.3. The van der Waals surface area contributed by atoms with Gasteiger partial charge in [-0.2, -0.15) is 5.26 Å². The van der Waals surface area contributed by atoms with Crippen LogP contribution in [0.15, 0.2) is 53.4 Å². The second-order valence-corrected chi connectivity index (χ2v) is 7.74. The van der Waals surface area contributed by atoms with Gasteiger partial charge in [-0.15, -0.1) is 0 Å². The van der Waals surface area contributed by atoms with Crippen molar-refractivity contribution in [3.05, 3.63) is 65.2 Å². The Bertz CT molecular complexity index is 822. The molecule has 0 aliphatic heterocycles. The number of nitrogens with one attached hydrogen (secondary N) is 1. The zero-order valence-corrected chi connectivity index (χ0v) is 14.4. The van der Waals surface area contributed by atoms with Gasteiger partial charge >= 0.3 is 0 Å². The molecule has 2 rings (SSSR count). The lowest BCUT2D eigenvalue weighted by molar-refractivity contribution is 0.170. The fourth-order valence-corrected chi connectivity index (χ4v) is 2.94. The van der Waals surface area contributed by atoms with Crippen LogP contribution in [0.5, 0.6) is 0 Å². The highest BCUT2D eigenvalue weighted by Gasteiger charge is 2.12. The van der Waals surface area contributed by atoms with Gasteiger partial charge in [-0.3, -0.25) is 0 Å². The van der Waals surface area contributed by atoms with Crippen LogP contribution in [0.25, 0.3) is 0 Å². The molecule has 0 bridgehead atoms. The van der Waals surface area contributed by atoms with Crippen molar-refractivity contribution in [2.24, 2.45) is 0 Å². The van der Waals surface area contributed by atoms with Crippen LogP contribution in [0.1, 0.15) is 35.8 Å². The zero-order valence-electron chi connectivity index (χ0n) is 13.6. The molecule has 5 nitrogen and oxygen atoms in total. The minimum absolute atomic E-state index is 0.0164. The summed E-state index contributed by atoms with van der Waals surface area (Å²) in [7, 11) is -3.23. The Morgan fingerprint density at radius 3 is 2.12 bits per heavy atom. The van der Waals surface area contributed by atoms with E-state index in [0.29, 0.717) is 17.7 Å². The molecule has 126 valence electrons. The Balaban J connectivity index is 1.96. The van der Waals surface area contributed by atoms with Gasteiger partial charge in [-0.05, 0) is 42.3 Å². The number of benzene rings is 2. The van der Waals surface area contributed by atoms with Crippen molar-refractivity contribution in [2.45, 2.75) is 24.0 Å². The van der Waals surface area contributed by atoms with E-state index >= 15 is 0 Å². The van der Waals surface area contributed by atoms with E-state index in [1.54, 1.807) is 24.3 Å². The van der Waals surface area contributed by atoms with Crippen LogP contribution in [0.2, 0.25) is 0 Å². The second kappa shape index (κ2) is 7.58. The molecule has 2 aromatic carbocycles. The van der Waals surface area contributed by atoms with Gasteiger partial charge in [0.1, 0.15) is 0 Å². The van der Waals surface area contributed by atoms with Crippen LogP contribution in [0.3, 0.4) is 0 Å². The van der Waals surface area contributed by atoms with Gasteiger partial charge < -0.3 is 10.4 Å². The summed E-state index contributed by atoms with van der Waals surface area (Å²) in [6.07, 6.45) is 0.415. The van der Waals surface area contributed by atoms with Crippen molar-refractivity contribution in [3.8, 4) is 6.07 Å². The summed E-state index contributed by atoms with van der Waals surface area (Å²) in [5.74, 6) is 0. The monoisotopic (exact) mass is 344 g/mol. The summed E-state index contributed by atoms with van der Waals surface area (Å²) in [4.78, 5) is 0.234. The fraction of sp³-hybridized carbons (Fsp3) is 0.278. The van der Waals surface area contributed by atoms with E-state index in [9.17, 15) is 13.5 Å². The predicted octanol–water partition coefficient (Wildman–Crippen LogP) is 2.35. The van der Waals surface area contributed by atoms with Crippen LogP contribution in [0, 0.1) is 11.3 Å². The zero-order chi connectivity index (χ0) is 17.7. The average molecular weight is 344 g/mol. The molecule has 0 fully saturated rings. The van der Waals surface area contributed by atoms with Crippen molar-refractivity contribution in [1.82, 2.24) is 5.32 Å². The standard InChI is InChI=1S/C18H20N2O3S/c1-13(15-5-3-14(11-19)4-6-15)20-12-18(21)16-7-9-17(10-8-16)24(2,22)23/h3-10,13,18,20-21H,12H2,1-2H3. The molecular weight excluding hydrogens is 324 g/mol. The van der Waals surface area contributed by atoms with Crippen LogP contribution in [0.4, 0.5) is 0 Å². The second-order valence-electron chi connectivity index (χ2n) is 5.72. The first-order valence-corrected chi connectivity index (χ1v) is 9.42. The van der Waals surface area contributed by atoms with Crippen molar-refractivity contribution in [3.63, 3.8) is 0 Å². The highest BCUT2D eigenvalue weighted by atomic mass is 32.2. The minimum atomic E-state index is -3.23. The molecule has 2 unspecified atom stereocenters. The average Bonchev–Trinajstić information content (AvgIpc) is 2.58. The lowest BCUT2D eigenvalue weighted by Gasteiger charge is -2.18. The van der Waals surface area contributed by atoms with Crippen LogP contribution < -0.4 is 5.32 Å². The maximum atomic E-state index is 11.4. The molecule has 0 saturated carbocycles. The smallest absolute Gasteiger partial charge is 0.175 e. The molecule has 0 radical (unpaired) electrons. The van der Waals surface area contributed by atoms with Gasteiger partial charge in [0, 0.05) is 18.8 Å². The van der Waals surface area contributed by atoms with E-state index in [1.165, 1.54) is 12.1 Å². The molecule has 2 aromatic rings. The number of nitriles is 1. The first kappa shape index (κ1) is 18.1. The molecule has 2 atom stereocenters. The van der Waals surface area contributed by atoms with Crippen LogP contribution in [-0.4, -0.2) is 26.3 Å². The lowest BCUT2D eigenvalue weighted by atomic mass is 10.1. The number of rotatable bonds is 6. The SMILES string of the molecule is CC(NCC(O)c1ccc(S(C)(=O)=O)cc1)c1ccc(C#N)cc1. The van der Waals surface area contributed by atoms with Gasteiger partial charge in [0.2, 0.25) is 0 Å². The Morgan fingerprint density at radius 2 is 1.62 bits per heavy atom. The number of aliphatic hydroxyl groups excluding tert-OH is 1. The fourth-order valence-electron chi connectivity index (χ4n) is 2.31. The van der Waals surface area contributed by atoms with E-state index in [0.717, 1.165) is 11.8 Å². The van der Waals surface area contributed by atoms with Crippen LogP contribution >= 0.6 is 0 Å². The first-order valence-electron chi connectivity index (χ1n) is 7.53. The van der Waals surface area contributed by atoms with E-state index in [-0.39, 0.29) is 10.9 Å². The number of nitrogens with zero attached hydrogens (tertiary/aromatic N) is 1. The quantitative estimate of drug-likeness (QED) is 0.839. The maximum Gasteiger partial charge on any atom is 0.175 e. The topological polar surface area (TPSA) is 90.2 Å². The largest absolute Gasteiger partial charge is 0.387 e. The molecule has 24 heavy (non-hydrogen) atoms. The van der Waals surface area contributed by atoms with Crippen molar-refractivity contribution < 1.29 is 13.5 Å². The number of aliphatic hydroxyl groups is 1. The summed E-state index contributed by atoms with van der Waals surface area (Å²) in [5.41, 5.74) is 2.28. The molecule has 0 amide bonds. The first-order chi connectivity index (χ1) is 11.3. The Kier molecular flexibility index (Phi) is 5.73. The molecule has 0 spiro atoms. The van der Waals surface area contributed by atoms with E-state index in [1.807, 2.05) is 19.1 Å². The summed E-state index contributed by atoms with van der Waals surface area (Å²) < 4.78 is 22.9. The molecule has 0 aromatic heterocycles. The highest BCUT2D eigenvalue weighted by molar-refractivity contribution is 7.90. The van der Waals surface area contributed by atoms with Crippen molar-refractivity contribution >= 4 is 9.84 Å². The van der Waals surface area contributed by atoms with Gasteiger partial charge in [-0.25, -0.2) is 8.42 Å². The Hall–Kier alpha value is -2.20. The van der Waals surface area contributed by atoms with E-state index in [2.05, 4.69) is 11.4 Å². The van der Waals surface area contributed by atoms with E-state index < -0.39 is 15.9 Å². The Labute approximate surface area is 142 Å². The molecule has 0 aliphatic rings. The predicted molar refractivity (Wildman–Crippen MR) is 92.1 cm³/mol. The third kappa shape index (κ3) is 4.65. The molecule has 0 aliphatic carbocycles. The van der Waals surface area contributed by atoms with Gasteiger partial charge in [0.15, 0.2) is 9.84 Å². The molecular formula is C18H20N2O3S. The number of hydrogen-bond donors (Lipinski definition) is 2. The van der Waals surface area contributed by atoms with Crippen LogP contribution in [-0.2, 0) is 9.84 Å². The summed E-state index contributed by atoms with van der Waals surface area (Å²) >= 11 is 0. The van der Waals surface area contributed by atoms with Crippen molar-refractivity contribution in [2.75, 3.05) is 12.8 Å². The minimum Gasteiger partial charge on any atom is -0.387 e. The maximum absolute atomic E-state index is 11.4. The summed E-state index contributed by atoms with van der Waals surface area (Å²) in [6.45, 7) is 2.31. The van der Waals surface area contributed by atoms with Gasteiger partial charge in [-0.1, -0.05) is 24.3 Å². The molecule has 0 heterocycles. The van der Waals surface area contributed by atoms with E-state index in [4.69, 9.17) is 5.26 Å². The van der Waals surface area contributed by atoms with Crippen molar-refractivity contribution in [1.29, 1.82) is 5.26 Å². The molecule has 2 N–H and O–H groups in total. The molecule has 0 saturated heterocycles. The molecule has 6 heteroatoms. The third-order valence-electron chi connectivity index (χ3n) is 3.85. The normalized spacial score (nSPS) is 13.9. The highest BCUT2D eigenvalue weighted by Crippen LogP contribution is 2.18. The lowest BCUT2D eigenvalue weighted by Crippen LogP contribution is -2.24. The number of sulfone groups is 1. The summed E-state index contributed by atoms with van der Waals surface area (Å²) in [6, 6.07) is 15.6. The Morgan fingerprint density at radius 1 is 1.08 bits per heavy atom. The third-order valence-corrected chi connectivity index (χ3v) is 4.98.